The second kappa shape index (κ2) is 4.04. The summed E-state index contributed by atoms with van der Waals surface area (Å²) in [4.78, 5) is 21.2. The molecule has 0 saturated carbocycles. The minimum absolute atomic E-state index is 0.186. The van der Waals surface area contributed by atoms with Crippen LogP contribution in [0.4, 0.5) is 0 Å². The molecule has 3 N–H and O–H groups in total. The molecule has 1 unspecified atom stereocenters. The number of thiophene rings is 1. The number of aryl methyl sites for hydroxylation is 1. The quantitative estimate of drug-likeness (QED) is 0.715. The van der Waals surface area contributed by atoms with E-state index < -0.39 is 0 Å². The molecule has 0 spiro atoms. The van der Waals surface area contributed by atoms with Crippen LogP contribution in [-0.4, -0.2) is 19.6 Å². The van der Waals surface area contributed by atoms with Gasteiger partial charge in [-0.3, -0.25) is 9.89 Å². The number of hydrogen-bond donors (Lipinski definition) is 2. The zero-order valence-electron chi connectivity index (χ0n) is 9.62. The van der Waals surface area contributed by atoms with Crippen molar-refractivity contribution in [3.8, 4) is 0 Å². The van der Waals surface area contributed by atoms with Gasteiger partial charge in [0.1, 0.15) is 5.82 Å². The molecule has 3 heterocycles. The molecule has 3 rings (SSSR count). The Kier molecular flexibility index (Phi) is 2.49. The second-order valence-corrected chi connectivity index (χ2v) is 4.95. The van der Waals surface area contributed by atoms with E-state index in [1.807, 2.05) is 17.5 Å². The van der Waals surface area contributed by atoms with Gasteiger partial charge in [-0.25, -0.2) is 4.98 Å². The summed E-state index contributed by atoms with van der Waals surface area (Å²) in [7, 11) is 0. The van der Waals surface area contributed by atoms with Crippen molar-refractivity contribution < 1.29 is 0 Å². The third kappa shape index (κ3) is 1.73. The summed E-state index contributed by atoms with van der Waals surface area (Å²) in [5.41, 5.74) is 6.54. The van der Waals surface area contributed by atoms with Gasteiger partial charge in [-0.1, -0.05) is 6.07 Å². The molecule has 0 amide bonds. The number of aromatic nitrogens is 4. The minimum atomic E-state index is -0.369. The molecule has 1 atom stereocenters. The van der Waals surface area contributed by atoms with Crippen molar-refractivity contribution >= 4 is 17.1 Å². The molecule has 0 saturated heterocycles. The summed E-state index contributed by atoms with van der Waals surface area (Å²) >= 11 is 1.55. The van der Waals surface area contributed by atoms with E-state index in [-0.39, 0.29) is 11.6 Å². The Balaban J connectivity index is 2.14. The Morgan fingerprint density at radius 1 is 1.50 bits per heavy atom. The van der Waals surface area contributed by atoms with Crippen LogP contribution in [0.15, 0.2) is 28.4 Å². The molecule has 0 aromatic carbocycles. The third-order valence-corrected chi connectivity index (χ3v) is 3.58. The van der Waals surface area contributed by atoms with Gasteiger partial charge in [0.15, 0.2) is 0 Å². The van der Waals surface area contributed by atoms with E-state index in [9.17, 15) is 4.79 Å². The van der Waals surface area contributed by atoms with Crippen LogP contribution in [0, 0.1) is 6.92 Å². The highest BCUT2D eigenvalue weighted by atomic mass is 32.1. The van der Waals surface area contributed by atoms with Gasteiger partial charge in [0.05, 0.1) is 6.04 Å². The molecule has 0 aliphatic carbocycles. The first-order valence-corrected chi connectivity index (χ1v) is 6.28. The number of nitrogens with one attached hydrogen (secondary N) is 1. The molecule has 18 heavy (non-hydrogen) atoms. The lowest BCUT2D eigenvalue weighted by Gasteiger charge is -2.03. The highest BCUT2D eigenvalue weighted by Gasteiger charge is 2.15. The molecule has 3 aromatic heterocycles. The molecule has 0 aliphatic rings. The molecule has 0 bridgehead atoms. The Bertz CT molecular complexity index is 742. The standard InChI is InChI=1S/C11H11N5OS/c1-6-5-8(17)16-11(13-6)14-10(15-16)9(12)7-3-2-4-18-7/h2-5,9H,12H2,1H3,(H,13,14,15). The fourth-order valence-corrected chi connectivity index (χ4v) is 2.48. The zero-order valence-corrected chi connectivity index (χ0v) is 10.4. The fraction of sp³-hybridized carbons (Fsp3) is 0.182. The van der Waals surface area contributed by atoms with Gasteiger partial charge >= 0.3 is 0 Å². The van der Waals surface area contributed by atoms with Crippen molar-refractivity contribution in [3.63, 3.8) is 0 Å². The molecule has 0 radical (unpaired) electrons. The van der Waals surface area contributed by atoms with E-state index in [1.54, 1.807) is 18.3 Å². The largest absolute Gasteiger partial charge is 0.317 e. The van der Waals surface area contributed by atoms with E-state index in [2.05, 4.69) is 15.1 Å². The lowest BCUT2D eigenvalue weighted by molar-refractivity contribution is 0.774. The molecule has 6 nitrogen and oxygen atoms in total. The van der Waals surface area contributed by atoms with E-state index in [0.29, 0.717) is 17.3 Å². The Hall–Kier alpha value is -1.99. The van der Waals surface area contributed by atoms with Gasteiger partial charge in [-0.15, -0.1) is 11.3 Å². The lowest BCUT2D eigenvalue weighted by Crippen LogP contribution is -2.16. The average molecular weight is 261 g/mol. The maximum absolute atomic E-state index is 11.7. The van der Waals surface area contributed by atoms with Crippen LogP contribution < -0.4 is 11.3 Å². The second-order valence-electron chi connectivity index (χ2n) is 3.97. The van der Waals surface area contributed by atoms with Gasteiger partial charge in [0.2, 0.25) is 0 Å². The smallest absolute Gasteiger partial charge is 0.274 e. The number of rotatable bonds is 2. The van der Waals surface area contributed by atoms with Crippen molar-refractivity contribution in [2.45, 2.75) is 13.0 Å². The minimum Gasteiger partial charge on any atom is -0.317 e. The van der Waals surface area contributed by atoms with Crippen molar-refractivity contribution in [2.24, 2.45) is 5.73 Å². The van der Waals surface area contributed by atoms with E-state index in [0.717, 1.165) is 4.88 Å². The Morgan fingerprint density at radius 3 is 3.06 bits per heavy atom. The predicted octanol–water partition coefficient (Wildman–Crippen LogP) is 0.836. The van der Waals surface area contributed by atoms with Crippen molar-refractivity contribution in [3.05, 3.63) is 50.3 Å². The van der Waals surface area contributed by atoms with Gasteiger partial charge in [-0.2, -0.15) is 9.50 Å². The summed E-state index contributed by atoms with van der Waals surface area (Å²) in [5.74, 6) is 0.884. The van der Waals surface area contributed by atoms with Crippen LogP contribution in [-0.2, 0) is 0 Å². The van der Waals surface area contributed by atoms with Gasteiger partial charge in [0, 0.05) is 16.6 Å². The Morgan fingerprint density at radius 2 is 2.33 bits per heavy atom. The number of fused-ring (bicyclic) bond motifs is 1. The van der Waals surface area contributed by atoms with Crippen LogP contribution in [0.5, 0.6) is 0 Å². The Labute approximate surface area is 106 Å². The molecular weight excluding hydrogens is 250 g/mol. The summed E-state index contributed by atoms with van der Waals surface area (Å²) < 4.78 is 1.30. The van der Waals surface area contributed by atoms with Crippen LogP contribution in [0.1, 0.15) is 22.4 Å². The molecule has 7 heteroatoms. The average Bonchev–Trinajstić information content (AvgIpc) is 2.96. The summed E-state index contributed by atoms with van der Waals surface area (Å²) in [6.07, 6.45) is 0. The van der Waals surface area contributed by atoms with Crippen molar-refractivity contribution in [1.82, 2.24) is 19.6 Å². The van der Waals surface area contributed by atoms with E-state index in [4.69, 9.17) is 5.73 Å². The summed E-state index contributed by atoms with van der Waals surface area (Å²) in [5, 5.41) is 4.84. The first-order valence-electron chi connectivity index (χ1n) is 5.40. The van der Waals surface area contributed by atoms with Gasteiger partial charge in [-0.05, 0) is 18.4 Å². The predicted molar refractivity (Wildman–Crippen MR) is 68.7 cm³/mol. The maximum Gasteiger partial charge on any atom is 0.274 e. The topological polar surface area (TPSA) is 89.1 Å². The van der Waals surface area contributed by atoms with Crippen LogP contribution in [0.3, 0.4) is 0 Å². The lowest BCUT2D eigenvalue weighted by atomic mass is 10.2. The number of hydrogen-bond acceptors (Lipinski definition) is 5. The van der Waals surface area contributed by atoms with Crippen molar-refractivity contribution in [1.29, 1.82) is 0 Å². The maximum atomic E-state index is 11.7. The fourth-order valence-electron chi connectivity index (χ4n) is 1.75. The molecular formula is C11H11N5OS. The number of nitrogens with two attached hydrogens (primary N) is 1. The highest BCUT2D eigenvalue weighted by molar-refractivity contribution is 7.10. The van der Waals surface area contributed by atoms with Crippen LogP contribution >= 0.6 is 11.3 Å². The summed E-state index contributed by atoms with van der Waals surface area (Å²) in [6, 6.07) is 4.94. The molecule has 0 aliphatic heterocycles. The SMILES string of the molecule is Cc1cc(=O)n2[nH]c(C(N)c3cccs3)nc2n1. The van der Waals surface area contributed by atoms with Crippen LogP contribution in [0.2, 0.25) is 0 Å². The highest BCUT2D eigenvalue weighted by Crippen LogP contribution is 2.21. The van der Waals surface area contributed by atoms with Gasteiger partial charge in [0.25, 0.3) is 11.3 Å². The number of H-pyrrole nitrogens is 1. The molecule has 0 fully saturated rings. The van der Waals surface area contributed by atoms with Gasteiger partial charge < -0.3 is 5.73 Å². The van der Waals surface area contributed by atoms with Crippen LogP contribution in [0.25, 0.3) is 5.78 Å². The first-order chi connectivity index (χ1) is 8.65. The van der Waals surface area contributed by atoms with E-state index in [1.165, 1.54) is 10.6 Å². The monoisotopic (exact) mass is 261 g/mol. The number of nitrogens with zero attached hydrogens (tertiary/aromatic N) is 3. The summed E-state index contributed by atoms with van der Waals surface area (Å²) in [6.45, 7) is 1.76. The first kappa shape index (κ1) is 11.1. The molecule has 3 aromatic rings. The normalized spacial score (nSPS) is 13.0. The third-order valence-electron chi connectivity index (χ3n) is 2.62. The van der Waals surface area contributed by atoms with Crippen molar-refractivity contribution in [2.75, 3.05) is 0 Å². The molecule has 92 valence electrons. The van der Waals surface area contributed by atoms with E-state index >= 15 is 0 Å². The zero-order chi connectivity index (χ0) is 12.7. The number of aromatic amines is 1.